The highest BCUT2D eigenvalue weighted by molar-refractivity contribution is 8.78. The second kappa shape index (κ2) is 2.98. The Morgan fingerprint density at radius 1 is 1.25 bits per heavy atom. The monoisotopic (exact) mass is 198 g/mol. The predicted molar refractivity (Wildman–Crippen MR) is 57.1 cm³/mol. The van der Waals surface area contributed by atoms with Gasteiger partial charge in [-0.15, -0.1) is 0 Å². The fourth-order valence-electron chi connectivity index (χ4n) is 2.93. The van der Waals surface area contributed by atoms with Crippen molar-refractivity contribution in [1.29, 1.82) is 0 Å². The maximum Gasteiger partial charge on any atom is 0.0374 e. The third-order valence-corrected chi connectivity index (χ3v) is 6.17. The first-order chi connectivity index (χ1) is 5.93. The summed E-state index contributed by atoms with van der Waals surface area (Å²) in [6, 6.07) is 0. The van der Waals surface area contributed by atoms with Gasteiger partial charge < -0.3 is 0 Å². The first kappa shape index (κ1) is 7.81. The fourth-order valence-corrected chi connectivity index (χ4v) is 5.75. The first-order valence-electron chi connectivity index (χ1n) is 4.94. The van der Waals surface area contributed by atoms with Crippen LogP contribution in [0.2, 0.25) is 0 Å². The van der Waals surface area contributed by atoms with E-state index in [1.807, 2.05) is 10.8 Å². The summed E-state index contributed by atoms with van der Waals surface area (Å²) < 4.78 is 0. The Labute approximate surface area is 82.0 Å². The van der Waals surface area contributed by atoms with Crippen molar-refractivity contribution in [2.75, 3.05) is 0 Å². The first-order valence-corrected chi connectivity index (χ1v) is 7.22. The van der Waals surface area contributed by atoms with Crippen molar-refractivity contribution in [2.24, 2.45) is 11.8 Å². The highest BCUT2D eigenvalue weighted by atomic mass is 33.1. The molecule has 3 atom stereocenters. The van der Waals surface area contributed by atoms with Crippen molar-refractivity contribution in [3.05, 3.63) is 11.0 Å². The quantitative estimate of drug-likeness (QED) is 0.542. The molecule has 0 bridgehead atoms. The van der Waals surface area contributed by atoms with Crippen molar-refractivity contribution in [2.45, 2.75) is 37.4 Å². The second-order valence-corrected chi connectivity index (χ2v) is 6.61. The summed E-state index contributed by atoms with van der Waals surface area (Å²) >= 11 is 0. The van der Waals surface area contributed by atoms with Crippen LogP contribution in [0.25, 0.3) is 0 Å². The smallest absolute Gasteiger partial charge is 0.0374 e. The van der Waals surface area contributed by atoms with Gasteiger partial charge in [-0.05, 0) is 42.1 Å². The van der Waals surface area contributed by atoms with Crippen LogP contribution in [0.4, 0.5) is 0 Å². The Bertz CT molecular complexity index is 222. The molecule has 0 nitrogen and oxygen atoms in total. The van der Waals surface area contributed by atoms with E-state index in [2.05, 4.69) is 16.2 Å². The lowest BCUT2D eigenvalue weighted by Crippen LogP contribution is -2.22. The standard InChI is InChI=1S/C10H14S2/c1-2-7-4-9-6-11-12-10(9)5-8(7)3-1/h6-8,10H,1-5H2. The normalized spacial score (nSPS) is 45.3. The van der Waals surface area contributed by atoms with E-state index >= 15 is 0 Å². The molecule has 0 aromatic carbocycles. The molecule has 0 saturated heterocycles. The van der Waals surface area contributed by atoms with Crippen LogP contribution in [0.15, 0.2) is 11.0 Å². The average Bonchev–Trinajstić information content (AvgIpc) is 2.64. The molecule has 2 heteroatoms. The number of fused-ring (bicyclic) bond motifs is 2. The van der Waals surface area contributed by atoms with Crippen LogP contribution in [0.3, 0.4) is 0 Å². The maximum absolute atomic E-state index is 2.42. The summed E-state index contributed by atoms with van der Waals surface area (Å²) in [7, 11) is 4.07. The maximum atomic E-state index is 2.42. The average molecular weight is 198 g/mol. The highest BCUT2D eigenvalue weighted by Gasteiger charge is 2.38. The predicted octanol–water partition coefficient (Wildman–Crippen LogP) is 3.84. The van der Waals surface area contributed by atoms with Gasteiger partial charge >= 0.3 is 0 Å². The lowest BCUT2D eigenvalue weighted by atomic mass is 9.79. The van der Waals surface area contributed by atoms with E-state index in [0.717, 1.165) is 17.1 Å². The summed E-state index contributed by atoms with van der Waals surface area (Å²) in [5.41, 5.74) is 1.77. The van der Waals surface area contributed by atoms with Gasteiger partial charge in [0.15, 0.2) is 0 Å². The molecule has 1 aliphatic heterocycles. The number of rotatable bonds is 0. The molecule has 0 aromatic heterocycles. The van der Waals surface area contributed by atoms with Crippen molar-refractivity contribution >= 4 is 21.6 Å². The number of hydrogen-bond acceptors (Lipinski definition) is 2. The van der Waals surface area contributed by atoms with Crippen LogP contribution < -0.4 is 0 Å². The van der Waals surface area contributed by atoms with Crippen LogP contribution in [0.1, 0.15) is 32.1 Å². The second-order valence-electron chi connectivity index (χ2n) is 4.26. The molecule has 0 spiro atoms. The summed E-state index contributed by atoms with van der Waals surface area (Å²) in [5.74, 6) is 2.17. The van der Waals surface area contributed by atoms with E-state index in [1.54, 1.807) is 5.57 Å². The lowest BCUT2D eigenvalue weighted by molar-refractivity contribution is 0.329. The zero-order valence-electron chi connectivity index (χ0n) is 7.16. The third kappa shape index (κ3) is 1.15. The number of hydrogen-bond donors (Lipinski definition) is 0. The van der Waals surface area contributed by atoms with Gasteiger partial charge in [-0.1, -0.05) is 34.4 Å². The van der Waals surface area contributed by atoms with Crippen LogP contribution in [0, 0.1) is 11.8 Å². The SMILES string of the molecule is C1=C2CC3CCCC3CC2SS1. The van der Waals surface area contributed by atoms with Crippen LogP contribution in [-0.4, -0.2) is 5.25 Å². The minimum atomic E-state index is 0.911. The third-order valence-electron chi connectivity index (χ3n) is 3.62. The summed E-state index contributed by atoms with van der Waals surface area (Å²) in [4.78, 5) is 0. The van der Waals surface area contributed by atoms with Crippen LogP contribution in [-0.2, 0) is 0 Å². The van der Waals surface area contributed by atoms with E-state index in [-0.39, 0.29) is 0 Å². The summed E-state index contributed by atoms with van der Waals surface area (Å²) in [6.45, 7) is 0. The van der Waals surface area contributed by atoms with Crippen molar-refractivity contribution in [3.8, 4) is 0 Å². The molecule has 2 aliphatic carbocycles. The molecule has 2 fully saturated rings. The zero-order valence-corrected chi connectivity index (χ0v) is 8.79. The van der Waals surface area contributed by atoms with E-state index in [0.29, 0.717) is 0 Å². The summed E-state index contributed by atoms with van der Waals surface area (Å²) in [6.07, 6.45) is 7.49. The van der Waals surface area contributed by atoms with Crippen LogP contribution in [0.5, 0.6) is 0 Å². The van der Waals surface area contributed by atoms with Gasteiger partial charge in [-0.2, -0.15) is 0 Å². The highest BCUT2D eigenvalue weighted by Crippen LogP contribution is 2.53. The Kier molecular flexibility index (Phi) is 1.94. The van der Waals surface area contributed by atoms with E-state index in [1.165, 1.54) is 32.1 Å². The molecule has 0 amide bonds. The molecular weight excluding hydrogens is 184 g/mol. The Morgan fingerprint density at radius 3 is 3.17 bits per heavy atom. The summed E-state index contributed by atoms with van der Waals surface area (Å²) in [5, 5.41) is 3.33. The van der Waals surface area contributed by atoms with Gasteiger partial charge in [0.1, 0.15) is 0 Å². The van der Waals surface area contributed by atoms with Gasteiger partial charge in [0, 0.05) is 5.25 Å². The van der Waals surface area contributed by atoms with Gasteiger partial charge in [0.2, 0.25) is 0 Å². The zero-order chi connectivity index (χ0) is 7.97. The lowest BCUT2D eigenvalue weighted by Gasteiger charge is -2.30. The van der Waals surface area contributed by atoms with E-state index < -0.39 is 0 Å². The van der Waals surface area contributed by atoms with Gasteiger partial charge in [-0.3, -0.25) is 0 Å². The molecule has 0 aromatic rings. The molecular formula is C10H14S2. The van der Waals surface area contributed by atoms with Crippen molar-refractivity contribution < 1.29 is 0 Å². The molecule has 2 saturated carbocycles. The molecule has 12 heavy (non-hydrogen) atoms. The molecule has 1 heterocycles. The van der Waals surface area contributed by atoms with Crippen molar-refractivity contribution in [1.82, 2.24) is 0 Å². The largest absolute Gasteiger partial charge is 0.0816 e. The van der Waals surface area contributed by atoms with Gasteiger partial charge in [0.05, 0.1) is 0 Å². The van der Waals surface area contributed by atoms with Gasteiger partial charge in [0.25, 0.3) is 0 Å². The minimum Gasteiger partial charge on any atom is -0.0816 e. The molecule has 66 valence electrons. The molecule has 3 rings (SSSR count). The van der Waals surface area contributed by atoms with Crippen molar-refractivity contribution in [3.63, 3.8) is 0 Å². The fraction of sp³-hybridized carbons (Fsp3) is 0.800. The Hall–Kier alpha value is 0.440. The molecule has 3 unspecified atom stereocenters. The Balaban J connectivity index is 1.82. The van der Waals surface area contributed by atoms with E-state index in [9.17, 15) is 0 Å². The molecule has 0 N–H and O–H groups in total. The topological polar surface area (TPSA) is 0 Å². The molecule has 0 radical (unpaired) electrons. The Morgan fingerprint density at radius 2 is 2.17 bits per heavy atom. The van der Waals surface area contributed by atoms with Gasteiger partial charge in [-0.25, -0.2) is 0 Å². The van der Waals surface area contributed by atoms with E-state index in [4.69, 9.17) is 0 Å². The van der Waals surface area contributed by atoms with Crippen LogP contribution >= 0.6 is 21.6 Å². The molecule has 3 aliphatic rings. The minimum absolute atomic E-state index is 0.911.